The fourth-order valence-corrected chi connectivity index (χ4v) is 2.64. The number of nitrogens with two attached hydrogens (primary N) is 1. The first-order valence-corrected chi connectivity index (χ1v) is 5.88. The lowest BCUT2D eigenvalue weighted by Gasteiger charge is -2.01. The molecule has 15 heavy (non-hydrogen) atoms. The molecule has 1 aromatic carbocycles. The van der Waals surface area contributed by atoms with Crippen molar-refractivity contribution in [1.29, 1.82) is 0 Å². The fourth-order valence-electron chi connectivity index (χ4n) is 1.24. The molecule has 2 rings (SSSR count). The van der Waals surface area contributed by atoms with Gasteiger partial charge in [-0.1, -0.05) is 11.3 Å². The number of benzene rings is 1. The second-order valence-electron chi connectivity index (χ2n) is 2.90. The molecule has 0 bridgehead atoms. The molecule has 0 atom stereocenters. The van der Waals surface area contributed by atoms with Crippen LogP contribution in [0.3, 0.4) is 0 Å². The van der Waals surface area contributed by atoms with Crippen molar-refractivity contribution in [2.75, 3.05) is 12.8 Å². The van der Waals surface area contributed by atoms with Crippen molar-refractivity contribution < 1.29 is 4.74 Å². The van der Waals surface area contributed by atoms with Crippen molar-refractivity contribution in [2.24, 2.45) is 0 Å². The number of aromatic nitrogens is 1. The fraction of sp³-hybridized carbons (Fsp3) is 0.100. The quantitative estimate of drug-likeness (QED) is 0.922. The maximum absolute atomic E-state index is 5.63. The molecular weight excluding hydrogens is 276 g/mol. The second-order valence-corrected chi connectivity index (χ2v) is 5.25. The number of hydrogen-bond acceptors (Lipinski definition) is 4. The molecule has 0 radical (unpaired) electrons. The molecule has 0 aliphatic carbocycles. The first-order valence-electron chi connectivity index (χ1n) is 4.27. The van der Waals surface area contributed by atoms with Gasteiger partial charge in [-0.2, -0.15) is 0 Å². The zero-order valence-electron chi connectivity index (χ0n) is 8.03. The van der Waals surface area contributed by atoms with Crippen molar-refractivity contribution in [3.63, 3.8) is 0 Å². The molecule has 0 aliphatic rings. The summed E-state index contributed by atoms with van der Waals surface area (Å²) in [5.74, 6) is 0.832. The van der Waals surface area contributed by atoms with Crippen LogP contribution in [0.2, 0.25) is 0 Å². The van der Waals surface area contributed by atoms with E-state index in [9.17, 15) is 0 Å². The van der Waals surface area contributed by atoms with Crippen molar-refractivity contribution in [3.8, 4) is 17.0 Å². The van der Waals surface area contributed by atoms with E-state index < -0.39 is 0 Å². The van der Waals surface area contributed by atoms with E-state index in [1.807, 2.05) is 24.3 Å². The summed E-state index contributed by atoms with van der Waals surface area (Å²) in [5, 5.41) is 0.563. The lowest BCUT2D eigenvalue weighted by Crippen LogP contribution is -1.85. The molecule has 0 unspecified atom stereocenters. The topological polar surface area (TPSA) is 48.1 Å². The molecule has 3 nitrogen and oxygen atoms in total. The van der Waals surface area contributed by atoms with Gasteiger partial charge in [0, 0.05) is 5.56 Å². The van der Waals surface area contributed by atoms with E-state index in [0.29, 0.717) is 5.13 Å². The Balaban J connectivity index is 2.41. The van der Waals surface area contributed by atoms with Crippen LogP contribution in [0.5, 0.6) is 5.75 Å². The Morgan fingerprint density at radius 1 is 1.33 bits per heavy atom. The monoisotopic (exact) mass is 284 g/mol. The van der Waals surface area contributed by atoms with Crippen LogP contribution in [-0.2, 0) is 0 Å². The largest absolute Gasteiger partial charge is 0.497 e. The summed E-state index contributed by atoms with van der Waals surface area (Å²) in [5.41, 5.74) is 7.52. The highest BCUT2D eigenvalue weighted by Crippen LogP contribution is 2.34. The summed E-state index contributed by atoms with van der Waals surface area (Å²) in [6.45, 7) is 0. The SMILES string of the molecule is COc1ccc(-c2nc(N)sc2Br)cc1. The van der Waals surface area contributed by atoms with Crippen molar-refractivity contribution in [2.45, 2.75) is 0 Å². The van der Waals surface area contributed by atoms with Gasteiger partial charge in [0.05, 0.1) is 16.6 Å². The van der Waals surface area contributed by atoms with Crippen LogP contribution in [-0.4, -0.2) is 12.1 Å². The van der Waals surface area contributed by atoms with Gasteiger partial charge in [0.25, 0.3) is 0 Å². The number of ether oxygens (including phenoxy) is 1. The third kappa shape index (κ3) is 2.13. The van der Waals surface area contributed by atoms with Gasteiger partial charge in [-0.25, -0.2) is 4.98 Å². The van der Waals surface area contributed by atoms with Crippen LogP contribution in [0.1, 0.15) is 0 Å². The van der Waals surface area contributed by atoms with Gasteiger partial charge in [0.15, 0.2) is 5.13 Å². The molecule has 0 spiro atoms. The second kappa shape index (κ2) is 4.20. The Bertz CT molecular complexity index is 467. The number of thiazole rings is 1. The first kappa shape index (κ1) is 10.4. The van der Waals surface area contributed by atoms with Crippen LogP contribution in [0.4, 0.5) is 5.13 Å². The minimum atomic E-state index is 0.563. The molecule has 1 heterocycles. The van der Waals surface area contributed by atoms with Gasteiger partial charge in [-0.15, -0.1) is 0 Å². The lowest BCUT2D eigenvalue weighted by molar-refractivity contribution is 0.415. The van der Waals surface area contributed by atoms with E-state index in [-0.39, 0.29) is 0 Å². The maximum Gasteiger partial charge on any atom is 0.181 e. The van der Waals surface area contributed by atoms with Crippen LogP contribution in [0.15, 0.2) is 28.1 Å². The number of nitrogen functional groups attached to an aromatic ring is 1. The van der Waals surface area contributed by atoms with E-state index in [0.717, 1.165) is 20.8 Å². The minimum Gasteiger partial charge on any atom is -0.497 e. The lowest BCUT2D eigenvalue weighted by atomic mass is 10.2. The van der Waals surface area contributed by atoms with Crippen LogP contribution in [0, 0.1) is 0 Å². The summed E-state index contributed by atoms with van der Waals surface area (Å²) < 4.78 is 6.04. The molecule has 2 aromatic rings. The van der Waals surface area contributed by atoms with Gasteiger partial charge in [-0.05, 0) is 40.2 Å². The summed E-state index contributed by atoms with van der Waals surface area (Å²) in [6.07, 6.45) is 0. The highest BCUT2D eigenvalue weighted by molar-refractivity contribution is 9.11. The highest BCUT2D eigenvalue weighted by atomic mass is 79.9. The Morgan fingerprint density at radius 3 is 2.47 bits per heavy atom. The Morgan fingerprint density at radius 2 is 2.00 bits per heavy atom. The summed E-state index contributed by atoms with van der Waals surface area (Å²) in [7, 11) is 1.64. The van der Waals surface area contributed by atoms with E-state index in [4.69, 9.17) is 10.5 Å². The molecule has 5 heteroatoms. The minimum absolute atomic E-state index is 0.563. The zero-order valence-corrected chi connectivity index (χ0v) is 10.4. The molecule has 78 valence electrons. The Hall–Kier alpha value is -1.07. The number of hydrogen-bond donors (Lipinski definition) is 1. The van der Waals surface area contributed by atoms with E-state index in [2.05, 4.69) is 20.9 Å². The smallest absolute Gasteiger partial charge is 0.181 e. The first-order chi connectivity index (χ1) is 7.20. The van der Waals surface area contributed by atoms with Crippen LogP contribution < -0.4 is 10.5 Å². The number of nitrogens with zero attached hydrogens (tertiary/aromatic N) is 1. The van der Waals surface area contributed by atoms with Gasteiger partial charge in [0.1, 0.15) is 5.75 Å². The number of rotatable bonds is 2. The third-order valence-electron chi connectivity index (χ3n) is 1.97. The Kier molecular flexibility index (Phi) is 2.93. The van der Waals surface area contributed by atoms with Crippen molar-refractivity contribution in [3.05, 3.63) is 28.1 Å². The zero-order chi connectivity index (χ0) is 10.8. The van der Waals surface area contributed by atoms with Gasteiger partial charge < -0.3 is 10.5 Å². The molecule has 0 amide bonds. The highest BCUT2D eigenvalue weighted by Gasteiger charge is 2.08. The average molecular weight is 285 g/mol. The average Bonchev–Trinajstić information content (AvgIpc) is 2.58. The molecule has 0 fully saturated rings. The van der Waals surface area contributed by atoms with E-state index >= 15 is 0 Å². The molecule has 0 aliphatic heterocycles. The predicted molar refractivity (Wildman–Crippen MR) is 66.2 cm³/mol. The maximum atomic E-state index is 5.63. The standard InChI is InChI=1S/C10H9BrN2OS/c1-14-7-4-2-6(3-5-7)8-9(11)15-10(12)13-8/h2-5H,1H3,(H2,12,13). The Labute approximate surface area is 100 Å². The van der Waals surface area contributed by atoms with E-state index in [1.165, 1.54) is 11.3 Å². The normalized spacial score (nSPS) is 10.3. The molecule has 1 aromatic heterocycles. The molecule has 0 saturated carbocycles. The van der Waals surface area contributed by atoms with Gasteiger partial charge >= 0.3 is 0 Å². The van der Waals surface area contributed by atoms with Gasteiger partial charge in [0.2, 0.25) is 0 Å². The number of methoxy groups -OCH3 is 1. The molecule has 0 saturated heterocycles. The van der Waals surface area contributed by atoms with Crippen molar-refractivity contribution in [1.82, 2.24) is 4.98 Å². The predicted octanol–water partition coefficient (Wildman–Crippen LogP) is 3.16. The third-order valence-corrected chi connectivity index (χ3v) is 3.50. The van der Waals surface area contributed by atoms with E-state index in [1.54, 1.807) is 7.11 Å². The van der Waals surface area contributed by atoms with Gasteiger partial charge in [-0.3, -0.25) is 0 Å². The number of anilines is 1. The summed E-state index contributed by atoms with van der Waals surface area (Å²) in [4.78, 5) is 4.24. The molecular formula is C10H9BrN2OS. The van der Waals surface area contributed by atoms with Crippen molar-refractivity contribution >= 4 is 32.4 Å². The number of halogens is 1. The summed E-state index contributed by atoms with van der Waals surface area (Å²) >= 11 is 4.86. The van der Waals surface area contributed by atoms with Crippen LogP contribution in [0.25, 0.3) is 11.3 Å². The summed E-state index contributed by atoms with van der Waals surface area (Å²) in [6, 6.07) is 7.71. The van der Waals surface area contributed by atoms with Crippen LogP contribution >= 0.6 is 27.3 Å². The molecule has 2 N–H and O–H groups in total.